The largest absolute Gasteiger partial charge is 0.491 e. The van der Waals surface area contributed by atoms with Gasteiger partial charge in [-0.25, -0.2) is 0 Å². The van der Waals surface area contributed by atoms with Crippen molar-refractivity contribution in [2.24, 2.45) is 5.92 Å². The number of anilines is 1. The first-order chi connectivity index (χ1) is 10.2. The molecule has 3 atom stereocenters. The van der Waals surface area contributed by atoms with Crippen molar-refractivity contribution >= 4 is 23.2 Å². The van der Waals surface area contributed by atoms with Gasteiger partial charge in [-0.15, -0.1) is 0 Å². The molecule has 1 aromatic rings. The molecule has 2 fully saturated rings. The maximum absolute atomic E-state index is 12.5. The molecule has 0 aromatic heterocycles. The molecular weight excluding hydrogens is 288 g/mol. The van der Waals surface area contributed by atoms with E-state index < -0.39 is 0 Å². The quantitative estimate of drug-likeness (QED) is 0.878. The normalized spacial score (nSPS) is 26.9. The van der Waals surface area contributed by atoms with Gasteiger partial charge in [-0.2, -0.15) is 0 Å². The molecule has 2 heterocycles. The molecule has 21 heavy (non-hydrogen) atoms. The maximum atomic E-state index is 12.5. The van der Waals surface area contributed by atoms with Crippen LogP contribution < -0.4 is 15.4 Å². The summed E-state index contributed by atoms with van der Waals surface area (Å²) < 4.78 is 5.68. The molecule has 2 saturated heterocycles. The molecule has 1 aromatic carbocycles. The molecule has 2 N–H and O–H groups in total. The predicted molar refractivity (Wildman–Crippen MR) is 83.9 cm³/mol. The lowest BCUT2D eigenvalue weighted by molar-refractivity contribution is -0.120. The van der Waals surface area contributed by atoms with Gasteiger partial charge >= 0.3 is 0 Å². The number of carbonyl (C=O) groups is 1. The van der Waals surface area contributed by atoms with Crippen LogP contribution in [0.4, 0.5) is 5.69 Å². The van der Waals surface area contributed by atoms with Crippen molar-refractivity contribution in [3.63, 3.8) is 0 Å². The summed E-state index contributed by atoms with van der Waals surface area (Å²) in [4.78, 5) is 12.5. The summed E-state index contributed by atoms with van der Waals surface area (Å²) in [7, 11) is 0. The van der Waals surface area contributed by atoms with Gasteiger partial charge in [0, 0.05) is 17.1 Å². The monoisotopic (exact) mass is 308 g/mol. The summed E-state index contributed by atoms with van der Waals surface area (Å²) in [5, 5.41) is 7.08. The molecule has 1 amide bonds. The summed E-state index contributed by atoms with van der Waals surface area (Å²) in [5.41, 5.74) is 0.670. The highest BCUT2D eigenvalue weighted by Crippen LogP contribution is 2.35. The fourth-order valence-electron chi connectivity index (χ4n) is 3.28. The SMILES string of the molecule is CCCOc1ccc(Cl)cc1NC(=O)C1CC2CCC1N2. The van der Waals surface area contributed by atoms with Gasteiger partial charge in [0.15, 0.2) is 0 Å². The molecule has 0 aliphatic carbocycles. The van der Waals surface area contributed by atoms with E-state index in [2.05, 4.69) is 17.6 Å². The number of rotatable bonds is 5. The topological polar surface area (TPSA) is 50.4 Å². The zero-order chi connectivity index (χ0) is 14.8. The maximum Gasteiger partial charge on any atom is 0.229 e. The predicted octanol–water partition coefficient (Wildman–Crippen LogP) is 3.21. The van der Waals surface area contributed by atoms with Gasteiger partial charge in [-0.1, -0.05) is 18.5 Å². The van der Waals surface area contributed by atoms with E-state index in [1.54, 1.807) is 12.1 Å². The minimum atomic E-state index is 0.0572. The van der Waals surface area contributed by atoms with Crippen LogP contribution in [0.3, 0.4) is 0 Å². The summed E-state index contributed by atoms with van der Waals surface area (Å²) in [6.07, 6.45) is 4.14. The first-order valence-corrected chi connectivity index (χ1v) is 8.04. The molecule has 0 spiro atoms. The highest BCUT2D eigenvalue weighted by atomic mass is 35.5. The number of amides is 1. The van der Waals surface area contributed by atoms with Gasteiger partial charge in [0.1, 0.15) is 5.75 Å². The van der Waals surface area contributed by atoms with Crippen LogP contribution in [0.25, 0.3) is 0 Å². The van der Waals surface area contributed by atoms with Crippen LogP contribution in [-0.2, 0) is 4.79 Å². The van der Waals surface area contributed by atoms with Crippen molar-refractivity contribution in [3.8, 4) is 5.75 Å². The summed E-state index contributed by atoms with van der Waals surface area (Å²) in [5.74, 6) is 0.811. The van der Waals surface area contributed by atoms with Gasteiger partial charge in [0.2, 0.25) is 5.91 Å². The lowest BCUT2D eigenvalue weighted by Crippen LogP contribution is -2.32. The van der Waals surface area contributed by atoms with E-state index in [-0.39, 0.29) is 11.8 Å². The molecule has 3 unspecified atom stereocenters. The summed E-state index contributed by atoms with van der Waals surface area (Å²) in [6, 6.07) is 6.19. The Balaban J connectivity index is 1.71. The van der Waals surface area contributed by atoms with Crippen LogP contribution >= 0.6 is 11.6 Å². The van der Waals surface area contributed by atoms with Crippen LogP contribution in [0.5, 0.6) is 5.75 Å². The van der Waals surface area contributed by atoms with Gasteiger partial charge in [-0.05, 0) is 43.9 Å². The Hall–Kier alpha value is -1.26. The number of hydrogen-bond donors (Lipinski definition) is 2. The molecule has 2 aliphatic heterocycles. The van der Waals surface area contributed by atoms with E-state index in [9.17, 15) is 4.79 Å². The average Bonchev–Trinajstić information content (AvgIpc) is 3.09. The van der Waals surface area contributed by atoms with Gasteiger partial charge in [0.25, 0.3) is 0 Å². The standard InChI is InChI=1S/C16H21ClN2O2/c1-2-7-21-15-6-3-10(17)8-14(15)19-16(20)12-9-11-4-5-13(12)18-11/h3,6,8,11-13,18H,2,4-5,7,9H2,1H3,(H,19,20). The zero-order valence-electron chi connectivity index (χ0n) is 12.2. The Morgan fingerprint density at radius 3 is 3.00 bits per heavy atom. The van der Waals surface area contributed by atoms with E-state index >= 15 is 0 Å². The van der Waals surface area contributed by atoms with E-state index in [1.165, 1.54) is 6.42 Å². The van der Waals surface area contributed by atoms with Crippen molar-refractivity contribution in [2.45, 2.75) is 44.7 Å². The first-order valence-electron chi connectivity index (χ1n) is 7.66. The van der Waals surface area contributed by atoms with Crippen LogP contribution in [0.2, 0.25) is 5.02 Å². The third kappa shape index (κ3) is 3.16. The number of carbonyl (C=O) groups excluding carboxylic acids is 1. The van der Waals surface area contributed by atoms with Gasteiger partial charge in [0.05, 0.1) is 18.2 Å². The molecule has 0 radical (unpaired) electrons. The molecule has 3 rings (SSSR count). The number of ether oxygens (including phenoxy) is 1. The molecule has 4 nitrogen and oxygen atoms in total. The lowest BCUT2D eigenvalue weighted by atomic mass is 9.88. The second-order valence-electron chi connectivity index (χ2n) is 5.87. The molecule has 0 saturated carbocycles. The van der Waals surface area contributed by atoms with Crippen molar-refractivity contribution in [2.75, 3.05) is 11.9 Å². The fraction of sp³-hybridized carbons (Fsp3) is 0.562. The third-order valence-corrected chi connectivity index (χ3v) is 4.53. The lowest BCUT2D eigenvalue weighted by Gasteiger charge is -2.20. The Labute approximate surface area is 130 Å². The summed E-state index contributed by atoms with van der Waals surface area (Å²) >= 11 is 6.04. The number of fused-ring (bicyclic) bond motifs is 2. The molecule has 2 aliphatic rings. The second-order valence-corrected chi connectivity index (χ2v) is 6.30. The Bertz CT molecular complexity index is 535. The number of benzene rings is 1. The van der Waals surface area contributed by atoms with Crippen LogP contribution in [0, 0.1) is 5.92 Å². The zero-order valence-corrected chi connectivity index (χ0v) is 13.0. The highest BCUT2D eigenvalue weighted by Gasteiger charge is 2.42. The van der Waals surface area contributed by atoms with E-state index in [1.807, 2.05) is 6.07 Å². The van der Waals surface area contributed by atoms with Crippen molar-refractivity contribution in [1.82, 2.24) is 5.32 Å². The van der Waals surface area contributed by atoms with E-state index in [0.29, 0.717) is 35.2 Å². The van der Waals surface area contributed by atoms with Crippen molar-refractivity contribution in [3.05, 3.63) is 23.2 Å². The van der Waals surface area contributed by atoms with Crippen molar-refractivity contribution in [1.29, 1.82) is 0 Å². The Morgan fingerprint density at radius 1 is 1.48 bits per heavy atom. The smallest absolute Gasteiger partial charge is 0.229 e. The molecular formula is C16H21ClN2O2. The van der Waals surface area contributed by atoms with Crippen LogP contribution in [-0.4, -0.2) is 24.6 Å². The second kappa shape index (κ2) is 6.24. The van der Waals surface area contributed by atoms with E-state index in [4.69, 9.17) is 16.3 Å². The van der Waals surface area contributed by atoms with Crippen LogP contribution in [0.1, 0.15) is 32.6 Å². The first kappa shape index (κ1) is 14.7. The van der Waals surface area contributed by atoms with Gasteiger partial charge < -0.3 is 15.4 Å². The average molecular weight is 309 g/mol. The van der Waals surface area contributed by atoms with E-state index in [0.717, 1.165) is 19.3 Å². The van der Waals surface area contributed by atoms with Gasteiger partial charge in [-0.3, -0.25) is 4.79 Å². The minimum Gasteiger partial charge on any atom is -0.491 e. The van der Waals surface area contributed by atoms with Crippen LogP contribution in [0.15, 0.2) is 18.2 Å². The molecule has 2 bridgehead atoms. The number of hydrogen-bond acceptors (Lipinski definition) is 3. The molecule has 114 valence electrons. The third-order valence-electron chi connectivity index (χ3n) is 4.30. The molecule has 5 heteroatoms. The number of nitrogens with one attached hydrogen (secondary N) is 2. The highest BCUT2D eigenvalue weighted by molar-refractivity contribution is 6.31. The Kier molecular flexibility index (Phi) is 4.36. The number of halogens is 1. The summed E-state index contributed by atoms with van der Waals surface area (Å²) in [6.45, 7) is 2.68. The fourth-order valence-corrected chi connectivity index (χ4v) is 3.45. The van der Waals surface area contributed by atoms with Crippen molar-refractivity contribution < 1.29 is 9.53 Å². The minimum absolute atomic E-state index is 0.0572. The Morgan fingerprint density at radius 2 is 2.33 bits per heavy atom.